The van der Waals surface area contributed by atoms with Crippen LogP contribution in [0.2, 0.25) is 0 Å². The van der Waals surface area contributed by atoms with Crippen LogP contribution in [0.25, 0.3) is 10.9 Å². The average Bonchev–Trinajstić information content (AvgIpc) is 3.18. The lowest BCUT2D eigenvalue weighted by atomic mass is 10.2. The van der Waals surface area contributed by atoms with E-state index in [-0.39, 0.29) is 11.6 Å². The number of benzene rings is 1. The first kappa shape index (κ1) is 23.1. The van der Waals surface area contributed by atoms with Crippen molar-refractivity contribution < 1.29 is 9.53 Å². The van der Waals surface area contributed by atoms with Crippen molar-refractivity contribution in [3.63, 3.8) is 0 Å². The van der Waals surface area contributed by atoms with Crippen LogP contribution >= 0.6 is 0 Å². The number of methoxy groups -OCH3 is 1. The van der Waals surface area contributed by atoms with Crippen LogP contribution in [0.1, 0.15) is 31.1 Å². The van der Waals surface area contributed by atoms with E-state index in [0.717, 1.165) is 23.1 Å². The summed E-state index contributed by atoms with van der Waals surface area (Å²) in [7, 11) is 1.59. The second-order valence-electron chi connectivity index (χ2n) is 6.38. The van der Waals surface area contributed by atoms with Gasteiger partial charge in [-0.25, -0.2) is 4.98 Å². The first-order chi connectivity index (χ1) is 14.5. The van der Waals surface area contributed by atoms with Gasteiger partial charge in [-0.3, -0.25) is 4.79 Å². The predicted octanol–water partition coefficient (Wildman–Crippen LogP) is 2.71. The SMILES string of the molecule is CC.CCn1ccc2c(Nc3nc(NCC(N)COC)ncc3C(N)=O)cccc21. The number of carbonyl (C=O) groups excluding carboxylic acids is 1. The van der Waals surface area contributed by atoms with Crippen LogP contribution in [-0.4, -0.2) is 46.7 Å². The molecule has 0 aliphatic rings. The summed E-state index contributed by atoms with van der Waals surface area (Å²) in [6, 6.07) is 7.74. The summed E-state index contributed by atoms with van der Waals surface area (Å²) >= 11 is 0. The zero-order valence-electron chi connectivity index (χ0n) is 18.0. The third-order valence-electron chi connectivity index (χ3n) is 4.36. The fourth-order valence-corrected chi connectivity index (χ4v) is 2.97. The third kappa shape index (κ3) is 5.46. The molecule has 1 unspecified atom stereocenters. The smallest absolute Gasteiger partial charge is 0.254 e. The highest BCUT2D eigenvalue weighted by molar-refractivity contribution is 6.00. The van der Waals surface area contributed by atoms with E-state index >= 15 is 0 Å². The molecule has 9 nitrogen and oxygen atoms in total. The number of hydrogen-bond donors (Lipinski definition) is 4. The van der Waals surface area contributed by atoms with E-state index < -0.39 is 5.91 Å². The standard InChI is InChI=1S/C19H25N7O2.C2H6/c1-3-26-8-7-13-15(5-4-6-16(13)26)24-18-14(17(21)27)10-23-19(25-18)22-9-12(20)11-28-2;1-2/h4-8,10,12H,3,9,11,20H2,1-2H3,(H2,21,27)(H2,22,23,24,25);1-2H3. The molecule has 0 aliphatic carbocycles. The number of primary amides is 1. The van der Waals surface area contributed by atoms with E-state index in [4.69, 9.17) is 16.2 Å². The number of aryl methyl sites for hydroxylation is 1. The molecule has 2 aromatic heterocycles. The number of nitrogens with zero attached hydrogens (tertiary/aromatic N) is 3. The Morgan fingerprint density at radius 3 is 2.73 bits per heavy atom. The minimum absolute atomic E-state index is 0.205. The molecule has 0 saturated carbocycles. The Hall–Kier alpha value is -3.17. The summed E-state index contributed by atoms with van der Waals surface area (Å²) in [6.45, 7) is 7.79. The molecular formula is C21H31N7O2. The van der Waals surface area contributed by atoms with Crippen LogP contribution in [-0.2, 0) is 11.3 Å². The summed E-state index contributed by atoms with van der Waals surface area (Å²) in [5, 5.41) is 7.30. The highest BCUT2D eigenvalue weighted by atomic mass is 16.5. The van der Waals surface area contributed by atoms with Gasteiger partial charge in [-0.15, -0.1) is 0 Å². The molecule has 0 bridgehead atoms. The van der Waals surface area contributed by atoms with Crippen LogP contribution in [0.4, 0.5) is 17.5 Å². The number of ether oxygens (including phenoxy) is 1. The van der Waals surface area contributed by atoms with Crippen LogP contribution in [0.5, 0.6) is 0 Å². The van der Waals surface area contributed by atoms with Crippen molar-refractivity contribution in [3.8, 4) is 0 Å². The van der Waals surface area contributed by atoms with E-state index in [1.165, 1.54) is 6.20 Å². The summed E-state index contributed by atoms with van der Waals surface area (Å²) in [5.74, 6) is 0.0721. The molecule has 0 aliphatic heterocycles. The number of nitrogens with two attached hydrogens (primary N) is 2. The molecule has 1 aromatic carbocycles. The van der Waals surface area contributed by atoms with Crippen molar-refractivity contribution in [1.82, 2.24) is 14.5 Å². The highest BCUT2D eigenvalue weighted by Gasteiger charge is 2.15. The minimum atomic E-state index is -0.608. The maximum absolute atomic E-state index is 11.8. The van der Waals surface area contributed by atoms with Crippen molar-refractivity contribution in [2.75, 3.05) is 30.9 Å². The van der Waals surface area contributed by atoms with Gasteiger partial charge >= 0.3 is 0 Å². The molecule has 2 heterocycles. The topological polar surface area (TPSA) is 133 Å². The van der Waals surface area contributed by atoms with Gasteiger partial charge in [0, 0.05) is 49.7 Å². The molecule has 3 aromatic rings. The van der Waals surface area contributed by atoms with Gasteiger partial charge in [-0.2, -0.15) is 4.98 Å². The van der Waals surface area contributed by atoms with Gasteiger partial charge < -0.3 is 31.4 Å². The van der Waals surface area contributed by atoms with Crippen LogP contribution in [0.15, 0.2) is 36.7 Å². The van der Waals surface area contributed by atoms with Crippen molar-refractivity contribution in [2.24, 2.45) is 11.5 Å². The molecule has 0 saturated heterocycles. The van der Waals surface area contributed by atoms with Gasteiger partial charge in [0.15, 0.2) is 0 Å². The van der Waals surface area contributed by atoms with Crippen LogP contribution in [0, 0.1) is 0 Å². The Labute approximate surface area is 176 Å². The normalized spacial score (nSPS) is 11.5. The number of hydrogen-bond acceptors (Lipinski definition) is 7. The number of anilines is 3. The number of rotatable bonds is 9. The zero-order chi connectivity index (χ0) is 22.1. The molecule has 3 rings (SSSR count). The quantitative estimate of drug-likeness (QED) is 0.424. The average molecular weight is 414 g/mol. The minimum Gasteiger partial charge on any atom is -0.383 e. The first-order valence-corrected chi connectivity index (χ1v) is 10.0. The van der Waals surface area contributed by atoms with Gasteiger partial charge in [0.25, 0.3) is 5.91 Å². The fraction of sp³-hybridized carbons (Fsp3) is 0.381. The Balaban J connectivity index is 0.00000155. The zero-order valence-corrected chi connectivity index (χ0v) is 18.0. The van der Waals surface area contributed by atoms with E-state index in [1.54, 1.807) is 7.11 Å². The molecule has 0 spiro atoms. The Morgan fingerprint density at radius 1 is 1.30 bits per heavy atom. The maximum Gasteiger partial charge on any atom is 0.254 e. The van der Waals surface area contributed by atoms with Crippen molar-refractivity contribution >= 4 is 34.3 Å². The summed E-state index contributed by atoms with van der Waals surface area (Å²) in [4.78, 5) is 20.4. The first-order valence-electron chi connectivity index (χ1n) is 10.0. The Kier molecular flexibility index (Phi) is 8.57. The Morgan fingerprint density at radius 2 is 2.07 bits per heavy atom. The Bertz CT molecular complexity index is 971. The van der Waals surface area contributed by atoms with Crippen LogP contribution < -0.4 is 22.1 Å². The number of fused-ring (bicyclic) bond motifs is 1. The fourth-order valence-electron chi connectivity index (χ4n) is 2.97. The number of amides is 1. The molecule has 1 atom stereocenters. The van der Waals surface area contributed by atoms with E-state index in [9.17, 15) is 4.79 Å². The number of nitrogens with one attached hydrogen (secondary N) is 2. The van der Waals surface area contributed by atoms with Gasteiger partial charge in [0.05, 0.1) is 12.1 Å². The van der Waals surface area contributed by atoms with E-state index in [0.29, 0.717) is 24.9 Å². The van der Waals surface area contributed by atoms with Gasteiger partial charge in [-0.1, -0.05) is 19.9 Å². The van der Waals surface area contributed by atoms with Crippen LogP contribution in [0.3, 0.4) is 0 Å². The molecule has 30 heavy (non-hydrogen) atoms. The molecule has 9 heteroatoms. The summed E-state index contributed by atoms with van der Waals surface area (Å²) < 4.78 is 7.15. The maximum atomic E-state index is 11.8. The predicted molar refractivity (Wildman–Crippen MR) is 121 cm³/mol. The van der Waals surface area contributed by atoms with Gasteiger partial charge in [0.2, 0.25) is 5.95 Å². The molecule has 6 N–H and O–H groups in total. The van der Waals surface area contributed by atoms with Gasteiger partial charge in [0.1, 0.15) is 11.4 Å². The summed E-state index contributed by atoms with van der Waals surface area (Å²) in [6.07, 6.45) is 3.42. The molecule has 0 fully saturated rings. The van der Waals surface area contributed by atoms with E-state index in [2.05, 4.69) is 32.1 Å². The lowest BCUT2D eigenvalue weighted by Crippen LogP contribution is -2.33. The van der Waals surface area contributed by atoms with Crippen molar-refractivity contribution in [1.29, 1.82) is 0 Å². The molecular weight excluding hydrogens is 382 g/mol. The van der Waals surface area contributed by atoms with E-state index in [1.807, 2.05) is 44.3 Å². The lowest BCUT2D eigenvalue weighted by Gasteiger charge is -2.14. The third-order valence-corrected chi connectivity index (χ3v) is 4.36. The largest absolute Gasteiger partial charge is 0.383 e. The van der Waals surface area contributed by atoms with Gasteiger partial charge in [-0.05, 0) is 25.1 Å². The summed E-state index contributed by atoms with van der Waals surface area (Å²) in [5.41, 5.74) is 13.5. The second-order valence-corrected chi connectivity index (χ2v) is 6.38. The van der Waals surface area contributed by atoms with Crippen molar-refractivity contribution in [3.05, 3.63) is 42.2 Å². The monoisotopic (exact) mass is 413 g/mol. The number of carbonyl (C=O) groups is 1. The molecule has 162 valence electrons. The lowest BCUT2D eigenvalue weighted by molar-refractivity contribution is 0.100. The molecule has 1 amide bonds. The number of aromatic nitrogens is 3. The highest BCUT2D eigenvalue weighted by Crippen LogP contribution is 2.28. The second kappa shape index (κ2) is 11.1. The van der Waals surface area contributed by atoms with Crippen molar-refractivity contribution in [2.45, 2.75) is 33.4 Å². The molecule has 0 radical (unpaired) electrons.